The summed E-state index contributed by atoms with van der Waals surface area (Å²) in [5, 5.41) is 0. The minimum atomic E-state index is -0.494. The summed E-state index contributed by atoms with van der Waals surface area (Å²) in [5.74, 6) is 6.91. The highest BCUT2D eigenvalue weighted by molar-refractivity contribution is 5.69. The second kappa shape index (κ2) is 8.35. The van der Waals surface area contributed by atoms with Crippen LogP contribution < -0.4 is 4.74 Å². The van der Waals surface area contributed by atoms with E-state index >= 15 is 0 Å². The number of hydrogen-bond acceptors (Lipinski definition) is 4. The van der Waals surface area contributed by atoms with Crippen LogP contribution >= 0.6 is 0 Å². The van der Waals surface area contributed by atoms with Crippen molar-refractivity contribution in [3.63, 3.8) is 0 Å². The molecular weight excluding hydrogens is 352 g/mol. The standard InChI is InChI=1S/C23H26N2O3/c1-17-6-5-7-18(12-17)8-9-19-13-21(15-24-14-19)27-16-20-10-11-25(20)22(26)28-23(2,3)4/h5-7,12-15,20H,10-11,16H2,1-4H3. The fraction of sp³-hybridized carbons (Fsp3) is 0.391. The third kappa shape index (κ3) is 5.50. The predicted octanol–water partition coefficient (Wildman–Crippen LogP) is 4.18. The van der Waals surface area contributed by atoms with Gasteiger partial charge in [0.15, 0.2) is 0 Å². The molecule has 1 atom stereocenters. The third-order valence-corrected chi connectivity index (χ3v) is 4.30. The molecular formula is C23H26N2O3. The molecule has 1 aliphatic heterocycles. The zero-order chi connectivity index (χ0) is 20.1. The second-order valence-corrected chi connectivity index (χ2v) is 7.96. The highest BCUT2D eigenvalue weighted by Gasteiger charge is 2.35. The summed E-state index contributed by atoms with van der Waals surface area (Å²) in [6.45, 7) is 8.75. The molecule has 0 spiro atoms. The Labute approximate surface area is 166 Å². The van der Waals surface area contributed by atoms with E-state index in [1.165, 1.54) is 5.56 Å². The number of hydrogen-bond donors (Lipinski definition) is 0. The van der Waals surface area contributed by atoms with Gasteiger partial charge in [-0.1, -0.05) is 24.0 Å². The molecule has 146 valence electrons. The van der Waals surface area contributed by atoms with Gasteiger partial charge < -0.3 is 14.4 Å². The molecule has 3 rings (SSSR count). The Hall–Kier alpha value is -3.00. The van der Waals surface area contributed by atoms with Gasteiger partial charge in [-0.15, -0.1) is 0 Å². The Kier molecular flexibility index (Phi) is 5.89. The second-order valence-electron chi connectivity index (χ2n) is 7.96. The molecule has 2 aromatic rings. The van der Waals surface area contributed by atoms with Gasteiger partial charge in [0, 0.05) is 23.9 Å². The normalized spacial score (nSPS) is 15.9. The van der Waals surface area contributed by atoms with Gasteiger partial charge in [-0.05, 0) is 57.9 Å². The van der Waals surface area contributed by atoms with Crippen LogP contribution in [0.5, 0.6) is 5.75 Å². The number of pyridine rings is 1. The Morgan fingerprint density at radius 3 is 2.68 bits per heavy atom. The smallest absolute Gasteiger partial charge is 0.410 e. The van der Waals surface area contributed by atoms with Gasteiger partial charge in [-0.3, -0.25) is 4.98 Å². The first-order chi connectivity index (χ1) is 13.3. The quantitative estimate of drug-likeness (QED) is 0.752. The molecule has 0 radical (unpaired) electrons. The summed E-state index contributed by atoms with van der Waals surface area (Å²) in [7, 11) is 0. The van der Waals surface area contributed by atoms with E-state index in [2.05, 4.69) is 16.8 Å². The molecule has 1 saturated heterocycles. The molecule has 1 unspecified atom stereocenters. The van der Waals surface area contributed by atoms with E-state index < -0.39 is 5.60 Å². The maximum Gasteiger partial charge on any atom is 0.410 e. The van der Waals surface area contributed by atoms with E-state index in [0.717, 1.165) is 17.5 Å². The molecule has 5 nitrogen and oxygen atoms in total. The van der Waals surface area contributed by atoms with Crippen molar-refractivity contribution in [3.8, 4) is 17.6 Å². The van der Waals surface area contributed by atoms with Crippen molar-refractivity contribution in [2.45, 2.75) is 45.8 Å². The first-order valence-electron chi connectivity index (χ1n) is 9.46. The minimum absolute atomic E-state index is 0.0249. The summed E-state index contributed by atoms with van der Waals surface area (Å²) < 4.78 is 11.3. The van der Waals surface area contributed by atoms with E-state index in [1.54, 1.807) is 17.3 Å². The number of aromatic nitrogens is 1. The van der Waals surface area contributed by atoms with Crippen LogP contribution in [0.15, 0.2) is 42.7 Å². The predicted molar refractivity (Wildman–Crippen MR) is 108 cm³/mol. The molecule has 1 aromatic heterocycles. The number of ether oxygens (including phenoxy) is 2. The van der Waals surface area contributed by atoms with Crippen LogP contribution in [0.2, 0.25) is 0 Å². The zero-order valence-electron chi connectivity index (χ0n) is 16.9. The van der Waals surface area contributed by atoms with Crippen LogP contribution in [0.4, 0.5) is 4.79 Å². The van der Waals surface area contributed by atoms with Gasteiger partial charge in [0.2, 0.25) is 0 Å². The van der Waals surface area contributed by atoms with Crippen molar-refractivity contribution in [3.05, 3.63) is 59.4 Å². The minimum Gasteiger partial charge on any atom is -0.490 e. The number of nitrogens with zero attached hydrogens (tertiary/aromatic N) is 2. The van der Waals surface area contributed by atoms with E-state index in [1.807, 2.05) is 58.0 Å². The van der Waals surface area contributed by atoms with Crippen molar-refractivity contribution in [2.24, 2.45) is 0 Å². The lowest BCUT2D eigenvalue weighted by atomic mass is 10.1. The summed E-state index contributed by atoms with van der Waals surface area (Å²) in [5.41, 5.74) is 2.44. The number of rotatable bonds is 3. The molecule has 1 aliphatic rings. The molecule has 0 aliphatic carbocycles. The molecule has 1 amide bonds. The SMILES string of the molecule is Cc1cccc(C#Cc2cncc(OCC3CCN3C(=O)OC(C)(C)C)c2)c1. The first kappa shape index (κ1) is 19.8. The van der Waals surface area contributed by atoms with E-state index in [0.29, 0.717) is 18.9 Å². The summed E-state index contributed by atoms with van der Waals surface area (Å²) >= 11 is 0. The molecule has 0 N–H and O–H groups in total. The van der Waals surface area contributed by atoms with Crippen LogP contribution in [0.3, 0.4) is 0 Å². The average Bonchev–Trinajstić information content (AvgIpc) is 2.58. The van der Waals surface area contributed by atoms with Crippen LogP contribution in [-0.2, 0) is 4.74 Å². The Balaban J connectivity index is 1.58. The Morgan fingerprint density at radius 2 is 2.00 bits per heavy atom. The number of carbonyl (C=O) groups is 1. The third-order valence-electron chi connectivity index (χ3n) is 4.30. The zero-order valence-corrected chi connectivity index (χ0v) is 16.9. The van der Waals surface area contributed by atoms with Crippen molar-refractivity contribution in [1.29, 1.82) is 0 Å². The number of carbonyl (C=O) groups excluding carboxylic acids is 1. The molecule has 0 saturated carbocycles. The maximum absolute atomic E-state index is 12.2. The van der Waals surface area contributed by atoms with Gasteiger partial charge in [0.05, 0.1) is 12.2 Å². The molecule has 0 bridgehead atoms. The summed E-state index contributed by atoms with van der Waals surface area (Å²) in [4.78, 5) is 18.1. The molecule has 1 aromatic carbocycles. The van der Waals surface area contributed by atoms with E-state index in [-0.39, 0.29) is 12.1 Å². The lowest BCUT2D eigenvalue weighted by molar-refractivity contribution is -0.0141. The summed E-state index contributed by atoms with van der Waals surface area (Å²) in [6.07, 6.45) is 3.99. The molecule has 2 heterocycles. The van der Waals surface area contributed by atoms with Crippen molar-refractivity contribution >= 4 is 6.09 Å². The first-order valence-corrected chi connectivity index (χ1v) is 9.46. The Bertz CT molecular complexity index is 906. The lowest BCUT2D eigenvalue weighted by Crippen LogP contribution is -2.55. The van der Waals surface area contributed by atoms with E-state index in [4.69, 9.17) is 9.47 Å². The highest BCUT2D eigenvalue weighted by atomic mass is 16.6. The molecule has 28 heavy (non-hydrogen) atoms. The van der Waals surface area contributed by atoms with Crippen LogP contribution in [0, 0.1) is 18.8 Å². The number of benzene rings is 1. The number of amides is 1. The van der Waals surface area contributed by atoms with Gasteiger partial charge >= 0.3 is 6.09 Å². The van der Waals surface area contributed by atoms with Gasteiger partial charge in [-0.25, -0.2) is 4.79 Å². The maximum atomic E-state index is 12.2. The van der Waals surface area contributed by atoms with Gasteiger partial charge in [0.1, 0.15) is 18.0 Å². The number of aryl methyl sites for hydroxylation is 1. The van der Waals surface area contributed by atoms with Crippen LogP contribution in [0.25, 0.3) is 0 Å². The Morgan fingerprint density at radius 1 is 1.21 bits per heavy atom. The fourth-order valence-electron chi connectivity index (χ4n) is 2.80. The summed E-state index contributed by atoms with van der Waals surface area (Å²) in [6, 6.07) is 9.95. The van der Waals surface area contributed by atoms with Crippen molar-refractivity contribution < 1.29 is 14.3 Å². The van der Waals surface area contributed by atoms with Gasteiger partial charge in [-0.2, -0.15) is 0 Å². The average molecular weight is 378 g/mol. The largest absolute Gasteiger partial charge is 0.490 e. The van der Waals surface area contributed by atoms with Crippen LogP contribution in [0.1, 0.15) is 43.9 Å². The van der Waals surface area contributed by atoms with Crippen molar-refractivity contribution in [1.82, 2.24) is 9.88 Å². The molecule has 5 heteroatoms. The van der Waals surface area contributed by atoms with Gasteiger partial charge in [0.25, 0.3) is 0 Å². The highest BCUT2D eigenvalue weighted by Crippen LogP contribution is 2.22. The van der Waals surface area contributed by atoms with E-state index in [9.17, 15) is 4.79 Å². The lowest BCUT2D eigenvalue weighted by Gasteiger charge is -2.40. The number of likely N-dealkylation sites (tertiary alicyclic amines) is 1. The topological polar surface area (TPSA) is 51.7 Å². The fourth-order valence-corrected chi connectivity index (χ4v) is 2.80. The van der Waals surface area contributed by atoms with Crippen LogP contribution in [-0.4, -0.2) is 40.8 Å². The monoisotopic (exact) mass is 378 g/mol. The van der Waals surface area contributed by atoms with Crippen molar-refractivity contribution in [2.75, 3.05) is 13.2 Å². The molecule has 1 fully saturated rings.